The van der Waals surface area contributed by atoms with Crippen LogP contribution < -0.4 is 5.32 Å². The second-order valence-corrected chi connectivity index (χ2v) is 5.45. The molecule has 1 atom stereocenters. The third-order valence-electron chi connectivity index (χ3n) is 3.69. The maximum absolute atomic E-state index is 12.2. The zero-order chi connectivity index (χ0) is 16.1. The summed E-state index contributed by atoms with van der Waals surface area (Å²) in [6.07, 6.45) is 3.57. The Labute approximate surface area is 135 Å². The zero-order valence-corrected chi connectivity index (χ0v) is 12.9. The molecule has 3 rings (SSSR count). The number of rotatable bonds is 5. The Morgan fingerprint density at radius 1 is 1.13 bits per heavy atom. The van der Waals surface area contributed by atoms with E-state index in [2.05, 4.69) is 22.3 Å². The Morgan fingerprint density at radius 2 is 1.87 bits per heavy atom. The van der Waals surface area contributed by atoms with Crippen LogP contribution in [0.2, 0.25) is 0 Å². The van der Waals surface area contributed by atoms with Gasteiger partial charge >= 0.3 is 0 Å². The Kier molecular flexibility index (Phi) is 4.47. The lowest BCUT2D eigenvalue weighted by Crippen LogP contribution is -2.14. The second kappa shape index (κ2) is 6.87. The molecule has 0 saturated heterocycles. The minimum atomic E-state index is 0.00913. The van der Waals surface area contributed by atoms with Gasteiger partial charge in [-0.05, 0) is 35.7 Å². The van der Waals surface area contributed by atoms with Crippen molar-refractivity contribution >= 4 is 11.6 Å². The van der Waals surface area contributed by atoms with Crippen molar-refractivity contribution in [3.8, 4) is 5.69 Å². The van der Waals surface area contributed by atoms with Crippen LogP contribution in [0.15, 0.2) is 67.3 Å². The van der Waals surface area contributed by atoms with Crippen LogP contribution >= 0.6 is 0 Å². The van der Waals surface area contributed by atoms with Gasteiger partial charge in [-0.3, -0.25) is 4.79 Å². The lowest BCUT2D eigenvalue weighted by atomic mass is 9.97. The molecule has 1 unspecified atom stereocenters. The Morgan fingerprint density at radius 3 is 2.52 bits per heavy atom. The molecule has 1 aromatic heterocycles. The first-order valence-corrected chi connectivity index (χ1v) is 7.52. The zero-order valence-electron chi connectivity index (χ0n) is 12.9. The van der Waals surface area contributed by atoms with Crippen LogP contribution in [0.4, 0.5) is 5.69 Å². The highest BCUT2D eigenvalue weighted by Crippen LogP contribution is 2.19. The average Bonchev–Trinajstić information content (AvgIpc) is 3.11. The van der Waals surface area contributed by atoms with Gasteiger partial charge in [0.15, 0.2) is 0 Å². The number of anilines is 1. The van der Waals surface area contributed by atoms with E-state index >= 15 is 0 Å². The highest BCUT2D eigenvalue weighted by Gasteiger charge is 2.11. The maximum atomic E-state index is 12.2. The molecular weight excluding hydrogens is 288 g/mol. The van der Waals surface area contributed by atoms with E-state index in [0.29, 0.717) is 6.42 Å². The molecule has 0 saturated carbocycles. The van der Waals surface area contributed by atoms with E-state index in [9.17, 15) is 4.79 Å². The van der Waals surface area contributed by atoms with Crippen molar-refractivity contribution < 1.29 is 4.79 Å². The van der Waals surface area contributed by atoms with E-state index in [4.69, 9.17) is 0 Å². The fraction of sp³-hybridized carbons (Fsp3) is 0.167. The Balaban J connectivity index is 1.60. The molecule has 0 aliphatic carbocycles. The summed E-state index contributed by atoms with van der Waals surface area (Å²) < 4.78 is 1.67. The molecular formula is C18H18N4O. The van der Waals surface area contributed by atoms with Gasteiger partial charge in [0.1, 0.15) is 12.7 Å². The fourth-order valence-corrected chi connectivity index (χ4v) is 2.43. The van der Waals surface area contributed by atoms with Gasteiger partial charge in [0.25, 0.3) is 0 Å². The number of benzene rings is 2. The van der Waals surface area contributed by atoms with Gasteiger partial charge in [-0.2, -0.15) is 5.10 Å². The summed E-state index contributed by atoms with van der Waals surface area (Å²) in [4.78, 5) is 16.1. The molecule has 0 spiro atoms. The highest BCUT2D eigenvalue weighted by molar-refractivity contribution is 5.91. The lowest BCUT2D eigenvalue weighted by Gasteiger charge is -2.12. The quantitative estimate of drug-likeness (QED) is 0.786. The summed E-state index contributed by atoms with van der Waals surface area (Å²) in [6, 6.07) is 17.6. The molecule has 0 fully saturated rings. The van der Waals surface area contributed by atoms with Gasteiger partial charge in [-0.1, -0.05) is 37.3 Å². The van der Waals surface area contributed by atoms with Gasteiger partial charge in [-0.25, -0.2) is 9.67 Å². The van der Waals surface area contributed by atoms with Crippen LogP contribution in [0.3, 0.4) is 0 Å². The first-order chi connectivity index (χ1) is 11.2. The Bertz CT molecular complexity index is 751. The van der Waals surface area contributed by atoms with E-state index in [1.54, 1.807) is 11.0 Å². The van der Waals surface area contributed by atoms with Crippen molar-refractivity contribution in [3.63, 3.8) is 0 Å². The minimum Gasteiger partial charge on any atom is -0.326 e. The first-order valence-electron chi connectivity index (χ1n) is 7.52. The molecule has 0 radical (unpaired) electrons. The highest BCUT2D eigenvalue weighted by atomic mass is 16.1. The van der Waals surface area contributed by atoms with Crippen LogP contribution in [-0.4, -0.2) is 20.7 Å². The number of carbonyl (C=O) groups excluding carboxylic acids is 1. The van der Waals surface area contributed by atoms with Gasteiger partial charge in [0, 0.05) is 12.1 Å². The van der Waals surface area contributed by atoms with Gasteiger partial charge in [0.2, 0.25) is 5.91 Å². The number of hydrogen-bond donors (Lipinski definition) is 1. The molecule has 23 heavy (non-hydrogen) atoms. The summed E-state index contributed by atoms with van der Waals surface area (Å²) in [6.45, 7) is 2.06. The van der Waals surface area contributed by atoms with Gasteiger partial charge in [0.05, 0.1) is 5.69 Å². The lowest BCUT2D eigenvalue weighted by molar-refractivity contribution is -0.116. The third-order valence-corrected chi connectivity index (χ3v) is 3.69. The number of hydrogen-bond acceptors (Lipinski definition) is 3. The molecule has 2 aromatic carbocycles. The van der Waals surface area contributed by atoms with Crippen LogP contribution in [0.25, 0.3) is 5.69 Å². The number of nitrogens with zero attached hydrogens (tertiary/aromatic N) is 3. The minimum absolute atomic E-state index is 0.00913. The molecule has 0 bridgehead atoms. The average molecular weight is 306 g/mol. The van der Waals surface area contributed by atoms with E-state index in [-0.39, 0.29) is 11.8 Å². The molecule has 3 aromatic rings. The largest absolute Gasteiger partial charge is 0.326 e. The predicted molar refractivity (Wildman–Crippen MR) is 89.5 cm³/mol. The molecule has 1 N–H and O–H groups in total. The van der Waals surface area contributed by atoms with Gasteiger partial charge < -0.3 is 5.32 Å². The van der Waals surface area contributed by atoms with Crippen molar-refractivity contribution in [2.75, 3.05) is 5.32 Å². The van der Waals surface area contributed by atoms with E-state index in [1.807, 2.05) is 54.6 Å². The monoisotopic (exact) mass is 306 g/mol. The van der Waals surface area contributed by atoms with E-state index in [0.717, 1.165) is 11.4 Å². The van der Waals surface area contributed by atoms with Crippen molar-refractivity contribution in [2.45, 2.75) is 19.3 Å². The van der Waals surface area contributed by atoms with Crippen molar-refractivity contribution in [1.82, 2.24) is 14.8 Å². The molecule has 1 amide bonds. The van der Waals surface area contributed by atoms with Gasteiger partial charge in [-0.15, -0.1) is 0 Å². The molecule has 0 aliphatic rings. The van der Waals surface area contributed by atoms with Crippen LogP contribution in [0.5, 0.6) is 0 Å². The van der Waals surface area contributed by atoms with Crippen LogP contribution in [0, 0.1) is 0 Å². The van der Waals surface area contributed by atoms with Crippen LogP contribution in [0.1, 0.15) is 24.8 Å². The third kappa shape index (κ3) is 3.83. The topological polar surface area (TPSA) is 59.8 Å². The summed E-state index contributed by atoms with van der Waals surface area (Å²) in [7, 11) is 0. The second-order valence-electron chi connectivity index (χ2n) is 5.45. The molecule has 5 heteroatoms. The predicted octanol–water partition coefficient (Wildman–Crippen LogP) is 3.40. The number of carbonyl (C=O) groups is 1. The maximum Gasteiger partial charge on any atom is 0.224 e. The van der Waals surface area contributed by atoms with Crippen molar-refractivity contribution in [1.29, 1.82) is 0 Å². The summed E-state index contributed by atoms with van der Waals surface area (Å²) >= 11 is 0. The first kappa shape index (κ1) is 15.0. The van der Waals surface area contributed by atoms with E-state index in [1.165, 1.54) is 11.9 Å². The molecule has 116 valence electrons. The SMILES string of the molecule is CC(CC(=O)Nc1ccc(-n2cncn2)cc1)c1ccccc1. The molecule has 5 nitrogen and oxygen atoms in total. The van der Waals surface area contributed by atoms with Crippen molar-refractivity contribution in [2.24, 2.45) is 0 Å². The van der Waals surface area contributed by atoms with Crippen molar-refractivity contribution in [3.05, 3.63) is 72.8 Å². The molecule has 1 heterocycles. The standard InChI is InChI=1S/C18H18N4O/c1-14(15-5-3-2-4-6-15)11-18(23)21-16-7-9-17(10-8-16)22-13-19-12-20-22/h2-10,12-14H,11H2,1H3,(H,21,23). The Hall–Kier alpha value is -2.95. The number of aromatic nitrogens is 3. The van der Waals surface area contributed by atoms with E-state index < -0.39 is 0 Å². The molecule has 0 aliphatic heterocycles. The number of nitrogens with one attached hydrogen (secondary N) is 1. The normalized spacial score (nSPS) is 11.9. The summed E-state index contributed by atoms with van der Waals surface area (Å²) in [5, 5.41) is 7.00. The summed E-state index contributed by atoms with van der Waals surface area (Å²) in [5.41, 5.74) is 2.85. The smallest absolute Gasteiger partial charge is 0.224 e. The summed E-state index contributed by atoms with van der Waals surface area (Å²) in [5.74, 6) is 0.195. The fourth-order valence-electron chi connectivity index (χ4n) is 2.43. The van der Waals surface area contributed by atoms with Crippen LogP contribution in [-0.2, 0) is 4.79 Å². The number of amides is 1.